The van der Waals surface area contributed by atoms with Crippen molar-refractivity contribution in [3.8, 4) is 0 Å². The summed E-state index contributed by atoms with van der Waals surface area (Å²) in [4.78, 5) is 10.3. The van der Waals surface area contributed by atoms with Crippen LogP contribution in [0.3, 0.4) is 0 Å². The Bertz CT molecular complexity index is 768. The highest BCUT2D eigenvalue weighted by Gasteiger charge is 2.27. The third-order valence-corrected chi connectivity index (χ3v) is 5.29. The normalized spacial score (nSPS) is 13.8. The lowest BCUT2D eigenvalue weighted by molar-refractivity contribution is 0.0657. The van der Waals surface area contributed by atoms with Gasteiger partial charge >= 0.3 is 0 Å². The van der Waals surface area contributed by atoms with E-state index in [-0.39, 0.29) is 30.5 Å². The number of furan rings is 1. The van der Waals surface area contributed by atoms with E-state index in [1.54, 1.807) is 18.3 Å². The van der Waals surface area contributed by atoms with Gasteiger partial charge in [0.25, 0.3) is 0 Å². The van der Waals surface area contributed by atoms with Crippen molar-refractivity contribution >= 4 is 41.3 Å². The predicted molar refractivity (Wildman–Crippen MR) is 122 cm³/mol. The molecule has 0 saturated carbocycles. The summed E-state index contributed by atoms with van der Waals surface area (Å²) in [5.74, 6) is 2.23. The van der Waals surface area contributed by atoms with Crippen molar-refractivity contribution in [2.75, 3.05) is 19.6 Å². The summed E-state index contributed by atoms with van der Waals surface area (Å²) >= 11 is 1.74. The number of thiazole rings is 1. The molecule has 0 bridgehead atoms. The minimum Gasteiger partial charge on any atom is -0.466 e. The quantitative estimate of drug-likeness (QED) is 0.304. The van der Waals surface area contributed by atoms with Crippen LogP contribution in [-0.4, -0.2) is 35.7 Å². The lowest BCUT2D eigenvalue weighted by Crippen LogP contribution is -2.39. The predicted octanol–water partition coefficient (Wildman–Crippen LogP) is 3.59. The monoisotopic (exact) mass is 506 g/mol. The van der Waals surface area contributed by atoms with Crippen molar-refractivity contribution in [1.29, 1.82) is 0 Å². The number of halogens is 1. The molecule has 0 aliphatic carbocycles. The molecule has 1 unspecified atom stereocenters. The maximum absolute atomic E-state index is 10.8. The average molecular weight is 506 g/mol. The number of guanidine groups is 1. The molecule has 6 nitrogen and oxygen atoms in total. The van der Waals surface area contributed by atoms with Crippen molar-refractivity contribution < 1.29 is 9.52 Å². The van der Waals surface area contributed by atoms with Crippen molar-refractivity contribution in [3.05, 3.63) is 38.7 Å². The fraction of sp³-hybridized carbons (Fsp3) is 0.579. The molecule has 2 aromatic rings. The van der Waals surface area contributed by atoms with Crippen molar-refractivity contribution in [1.82, 2.24) is 15.6 Å². The molecule has 27 heavy (non-hydrogen) atoms. The molecule has 0 fully saturated rings. The minimum absolute atomic E-state index is 0. The first-order valence-corrected chi connectivity index (χ1v) is 9.79. The van der Waals surface area contributed by atoms with Crippen LogP contribution in [0.15, 0.2) is 15.5 Å². The summed E-state index contributed by atoms with van der Waals surface area (Å²) in [6.07, 6.45) is 0.901. The van der Waals surface area contributed by atoms with Gasteiger partial charge < -0.3 is 20.2 Å². The van der Waals surface area contributed by atoms with Gasteiger partial charge in [0.05, 0.1) is 17.2 Å². The molecule has 0 aliphatic heterocycles. The molecule has 1 atom stereocenters. The Morgan fingerprint density at radius 2 is 2.00 bits per heavy atom. The van der Waals surface area contributed by atoms with Crippen LogP contribution in [0.4, 0.5) is 0 Å². The fourth-order valence-electron chi connectivity index (χ4n) is 2.93. The molecule has 0 amide bonds. The smallest absolute Gasteiger partial charge is 0.191 e. The van der Waals surface area contributed by atoms with E-state index in [0.717, 1.165) is 47.3 Å². The summed E-state index contributed by atoms with van der Waals surface area (Å²) < 4.78 is 5.54. The van der Waals surface area contributed by atoms with Crippen LogP contribution in [0, 0.1) is 27.7 Å². The Morgan fingerprint density at radius 1 is 1.30 bits per heavy atom. The molecular formula is C19H31IN4O2S. The molecule has 3 N–H and O–H groups in total. The highest BCUT2D eigenvalue weighted by atomic mass is 127. The Balaban J connectivity index is 0.00000364. The number of nitrogens with zero attached hydrogens (tertiary/aromatic N) is 2. The first-order chi connectivity index (χ1) is 12.2. The molecule has 2 aromatic heterocycles. The number of aryl methyl sites for hydroxylation is 4. The van der Waals surface area contributed by atoms with E-state index in [9.17, 15) is 5.11 Å². The maximum atomic E-state index is 10.8. The largest absolute Gasteiger partial charge is 0.466 e. The van der Waals surface area contributed by atoms with Crippen LogP contribution in [0.2, 0.25) is 0 Å². The van der Waals surface area contributed by atoms with Gasteiger partial charge in [-0.1, -0.05) is 0 Å². The van der Waals surface area contributed by atoms with Gasteiger partial charge in [0.1, 0.15) is 17.1 Å². The van der Waals surface area contributed by atoms with Crippen LogP contribution in [0.1, 0.15) is 46.5 Å². The Morgan fingerprint density at radius 3 is 2.52 bits per heavy atom. The summed E-state index contributed by atoms with van der Waals surface area (Å²) in [6, 6.07) is 1.88. The van der Waals surface area contributed by atoms with Crippen molar-refractivity contribution in [3.63, 3.8) is 0 Å². The zero-order chi connectivity index (χ0) is 19.3. The molecule has 8 heteroatoms. The standard InChI is InChI=1S/C19H30N4O2S.HI/c1-7-20-18(21-9-8-17-13(3)23-15(5)26-17)22-11-19(6,24)16-10-12(2)25-14(16)4;/h10,24H,7-9,11H2,1-6H3,(H2,20,21,22);1H. The molecule has 152 valence electrons. The van der Waals surface area contributed by atoms with Crippen molar-refractivity contribution in [2.24, 2.45) is 4.99 Å². The van der Waals surface area contributed by atoms with Crippen LogP contribution in [0.25, 0.3) is 0 Å². The lowest BCUT2D eigenvalue weighted by atomic mass is 9.96. The van der Waals surface area contributed by atoms with E-state index < -0.39 is 5.60 Å². The van der Waals surface area contributed by atoms with Gasteiger partial charge in [-0.15, -0.1) is 35.3 Å². The average Bonchev–Trinajstić information content (AvgIpc) is 3.06. The van der Waals surface area contributed by atoms with E-state index in [1.165, 1.54) is 4.88 Å². The molecular weight excluding hydrogens is 475 g/mol. The molecule has 2 rings (SSSR count). The summed E-state index contributed by atoms with van der Waals surface area (Å²) in [5, 5.41) is 18.5. The number of hydrogen-bond acceptors (Lipinski definition) is 5. The van der Waals surface area contributed by atoms with Gasteiger partial charge in [0.15, 0.2) is 5.96 Å². The second-order valence-corrected chi connectivity index (χ2v) is 8.00. The molecule has 0 saturated heterocycles. The van der Waals surface area contributed by atoms with Crippen LogP contribution in [0.5, 0.6) is 0 Å². The van der Waals surface area contributed by atoms with E-state index >= 15 is 0 Å². The highest BCUT2D eigenvalue weighted by molar-refractivity contribution is 14.0. The summed E-state index contributed by atoms with van der Waals surface area (Å²) in [5.41, 5.74) is 0.811. The van der Waals surface area contributed by atoms with E-state index in [0.29, 0.717) is 5.96 Å². The van der Waals surface area contributed by atoms with Crippen LogP contribution >= 0.6 is 35.3 Å². The van der Waals surface area contributed by atoms with E-state index in [2.05, 4.69) is 20.6 Å². The van der Waals surface area contributed by atoms with Gasteiger partial charge in [-0.25, -0.2) is 9.98 Å². The minimum atomic E-state index is -1.07. The highest BCUT2D eigenvalue weighted by Crippen LogP contribution is 2.27. The zero-order valence-corrected chi connectivity index (χ0v) is 20.1. The second kappa shape index (κ2) is 10.4. The topological polar surface area (TPSA) is 82.7 Å². The number of aliphatic hydroxyl groups is 1. The summed E-state index contributed by atoms with van der Waals surface area (Å²) in [7, 11) is 0. The maximum Gasteiger partial charge on any atom is 0.191 e. The Labute approximate surface area is 182 Å². The third-order valence-electron chi connectivity index (χ3n) is 4.15. The third kappa shape index (κ3) is 6.76. The first kappa shape index (κ1) is 23.9. The number of hydrogen-bond donors (Lipinski definition) is 3. The number of aliphatic imine (C=N–C) groups is 1. The van der Waals surface area contributed by atoms with Gasteiger partial charge in [-0.2, -0.15) is 0 Å². The molecule has 0 aromatic carbocycles. The molecule has 0 spiro atoms. The SMILES string of the molecule is CCNC(=NCC(C)(O)c1cc(C)oc1C)NCCc1sc(C)nc1C.I. The van der Waals surface area contributed by atoms with Crippen LogP contribution < -0.4 is 10.6 Å². The van der Waals surface area contributed by atoms with Gasteiger partial charge in [0.2, 0.25) is 0 Å². The summed E-state index contributed by atoms with van der Waals surface area (Å²) in [6.45, 7) is 13.4. The number of rotatable bonds is 7. The zero-order valence-electron chi connectivity index (χ0n) is 17.0. The number of aromatic nitrogens is 1. The van der Waals surface area contributed by atoms with Gasteiger partial charge in [-0.05, 0) is 47.6 Å². The van der Waals surface area contributed by atoms with Gasteiger partial charge in [-0.3, -0.25) is 0 Å². The fourth-order valence-corrected chi connectivity index (χ4v) is 3.86. The molecule has 0 radical (unpaired) electrons. The van der Waals surface area contributed by atoms with Crippen molar-refractivity contribution in [2.45, 2.75) is 53.6 Å². The Hall–Kier alpha value is -1.13. The number of nitrogens with one attached hydrogen (secondary N) is 2. The van der Waals surface area contributed by atoms with E-state index in [1.807, 2.05) is 40.7 Å². The lowest BCUT2D eigenvalue weighted by Gasteiger charge is -2.21. The van der Waals surface area contributed by atoms with Crippen LogP contribution in [-0.2, 0) is 12.0 Å². The Kier molecular flexibility index (Phi) is 9.23. The van der Waals surface area contributed by atoms with Gasteiger partial charge in [0, 0.05) is 30.0 Å². The molecule has 0 aliphatic rings. The second-order valence-electron chi connectivity index (χ2n) is 6.71. The first-order valence-electron chi connectivity index (χ1n) is 8.98. The van der Waals surface area contributed by atoms with E-state index in [4.69, 9.17) is 4.42 Å². The molecule has 2 heterocycles.